The predicted molar refractivity (Wildman–Crippen MR) is 55.2 cm³/mol. The molecule has 1 unspecified atom stereocenters. The van der Waals surface area contributed by atoms with Crippen LogP contribution in [0.5, 0.6) is 5.88 Å². The Morgan fingerprint density at radius 2 is 2.21 bits per heavy atom. The van der Waals surface area contributed by atoms with Crippen LogP contribution in [0.3, 0.4) is 0 Å². The second kappa shape index (κ2) is 3.58. The number of pyridine rings is 1. The van der Waals surface area contributed by atoms with Crippen molar-refractivity contribution in [3.63, 3.8) is 0 Å². The first-order valence-corrected chi connectivity index (χ1v) is 4.99. The van der Waals surface area contributed by atoms with Crippen LogP contribution in [0, 0.1) is 12.8 Å². The minimum absolute atomic E-state index is 0.161. The molecule has 3 nitrogen and oxygen atoms in total. The lowest BCUT2D eigenvalue weighted by Gasteiger charge is -2.13. The highest BCUT2D eigenvalue weighted by Gasteiger charge is 2.30. The Kier molecular flexibility index (Phi) is 2.42. The van der Waals surface area contributed by atoms with Gasteiger partial charge in [0.2, 0.25) is 5.88 Å². The summed E-state index contributed by atoms with van der Waals surface area (Å²) in [5.74, 6) is 1.33. The lowest BCUT2D eigenvalue weighted by molar-refractivity contribution is 0.396. The zero-order chi connectivity index (χ0) is 10.1. The van der Waals surface area contributed by atoms with Gasteiger partial charge in [-0.1, -0.05) is 6.07 Å². The average Bonchev–Trinajstić information content (AvgIpc) is 3.00. The van der Waals surface area contributed by atoms with E-state index in [0.29, 0.717) is 11.8 Å². The van der Waals surface area contributed by atoms with Crippen molar-refractivity contribution in [1.29, 1.82) is 0 Å². The molecule has 1 aliphatic rings. The molecule has 0 radical (unpaired) electrons. The fraction of sp³-hybridized carbons (Fsp3) is 0.545. The van der Waals surface area contributed by atoms with E-state index in [4.69, 9.17) is 10.5 Å². The normalized spacial score (nSPS) is 17.9. The maximum Gasteiger partial charge on any atom is 0.213 e. The van der Waals surface area contributed by atoms with Gasteiger partial charge in [0, 0.05) is 17.8 Å². The Balaban J connectivity index is 2.24. The topological polar surface area (TPSA) is 48.1 Å². The molecule has 0 amide bonds. The molecule has 2 N–H and O–H groups in total. The third-order valence-corrected chi connectivity index (χ3v) is 2.80. The van der Waals surface area contributed by atoms with E-state index >= 15 is 0 Å². The Morgan fingerprint density at radius 1 is 1.50 bits per heavy atom. The first-order valence-electron chi connectivity index (χ1n) is 4.99. The molecule has 1 fully saturated rings. The molecule has 1 aromatic rings. The molecule has 0 spiro atoms. The molecule has 0 saturated heterocycles. The standard InChI is InChI=1S/C11H16N2O/c1-7-9(11(12)8-3-4-8)5-6-10(13-7)14-2/h5-6,8,11H,3-4,12H2,1-2H3. The summed E-state index contributed by atoms with van der Waals surface area (Å²) in [6.45, 7) is 1.99. The molecule has 14 heavy (non-hydrogen) atoms. The number of rotatable bonds is 3. The van der Waals surface area contributed by atoms with Crippen molar-refractivity contribution in [2.24, 2.45) is 11.7 Å². The number of aromatic nitrogens is 1. The molecule has 1 aromatic heterocycles. The molecule has 0 aromatic carbocycles. The van der Waals surface area contributed by atoms with E-state index in [1.165, 1.54) is 12.8 Å². The van der Waals surface area contributed by atoms with E-state index in [1.54, 1.807) is 7.11 Å². The molecule has 1 aliphatic carbocycles. The van der Waals surface area contributed by atoms with Gasteiger partial charge in [0.15, 0.2) is 0 Å². The van der Waals surface area contributed by atoms with Gasteiger partial charge in [-0.15, -0.1) is 0 Å². The number of aryl methyl sites for hydroxylation is 1. The molecule has 1 heterocycles. The van der Waals surface area contributed by atoms with Crippen molar-refractivity contribution in [1.82, 2.24) is 4.98 Å². The molecule has 1 saturated carbocycles. The molecule has 0 aliphatic heterocycles. The minimum Gasteiger partial charge on any atom is -0.481 e. The quantitative estimate of drug-likeness (QED) is 0.794. The van der Waals surface area contributed by atoms with Gasteiger partial charge in [-0.2, -0.15) is 0 Å². The zero-order valence-corrected chi connectivity index (χ0v) is 8.66. The van der Waals surface area contributed by atoms with E-state index in [0.717, 1.165) is 11.3 Å². The van der Waals surface area contributed by atoms with Gasteiger partial charge in [0.05, 0.1) is 7.11 Å². The SMILES string of the molecule is COc1ccc(C(N)C2CC2)c(C)n1. The van der Waals surface area contributed by atoms with Crippen LogP contribution in [0.4, 0.5) is 0 Å². The fourth-order valence-corrected chi connectivity index (χ4v) is 1.72. The lowest BCUT2D eigenvalue weighted by atomic mass is 10.0. The van der Waals surface area contributed by atoms with Crippen LogP contribution in [0.15, 0.2) is 12.1 Å². The van der Waals surface area contributed by atoms with Gasteiger partial charge in [0.1, 0.15) is 0 Å². The fourth-order valence-electron chi connectivity index (χ4n) is 1.72. The van der Waals surface area contributed by atoms with Crippen molar-refractivity contribution in [3.8, 4) is 5.88 Å². The predicted octanol–water partition coefficient (Wildman–Crippen LogP) is 1.81. The van der Waals surface area contributed by atoms with E-state index < -0.39 is 0 Å². The highest BCUT2D eigenvalue weighted by Crippen LogP contribution is 2.40. The smallest absolute Gasteiger partial charge is 0.213 e. The molecular formula is C11H16N2O. The minimum atomic E-state index is 0.161. The maximum absolute atomic E-state index is 6.11. The van der Waals surface area contributed by atoms with Gasteiger partial charge in [-0.25, -0.2) is 4.98 Å². The highest BCUT2D eigenvalue weighted by molar-refractivity contribution is 5.28. The first kappa shape index (κ1) is 9.46. The van der Waals surface area contributed by atoms with Crippen LogP contribution in [0.25, 0.3) is 0 Å². The van der Waals surface area contributed by atoms with Crippen LogP contribution in [0.2, 0.25) is 0 Å². The molecule has 1 atom stereocenters. The van der Waals surface area contributed by atoms with Crippen LogP contribution in [-0.4, -0.2) is 12.1 Å². The summed E-state index contributed by atoms with van der Waals surface area (Å²) in [5, 5.41) is 0. The van der Waals surface area contributed by atoms with E-state index in [1.807, 2.05) is 19.1 Å². The van der Waals surface area contributed by atoms with Gasteiger partial charge in [-0.3, -0.25) is 0 Å². The van der Waals surface area contributed by atoms with Crippen molar-refractivity contribution < 1.29 is 4.74 Å². The summed E-state index contributed by atoms with van der Waals surface area (Å²) in [6, 6.07) is 4.07. The third kappa shape index (κ3) is 1.73. The Hall–Kier alpha value is -1.09. The number of ether oxygens (including phenoxy) is 1. The number of hydrogen-bond donors (Lipinski definition) is 1. The first-order chi connectivity index (χ1) is 6.72. The third-order valence-electron chi connectivity index (χ3n) is 2.80. The second-order valence-corrected chi connectivity index (χ2v) is 3.89. The van der Waals surface area contributed by atoms with Crippen LogP contribution < -0.4 is 10.5 Å². The van der Waals surface area contributed by atoms with Gasteiger partial charge in [-0.05, 0) is 31.2 Å². The second-order valence-electron chi connectivity index (χ2n) is 3.89. The van der Waals surface area contributed by atoms with Crippen LogP contribution >= 0.6 is 0 Å². The van der Waals surface area contributed by atoms with Crippen molar-refractivity contribution >= 4 is 0 Å². The van der Waals surface area contributed by atoms with Crippen molar-refractivity contribution in [2.45, 2.75) is 25.8 Å². The summed E-state index contributed by atoms with van der Waals surface area (Å²) < 4.78 is 5.05. The largest absolute Gasteiger partial charge is 0.481 e. The monoisotopic (exact) mass is 192 g/mol. The Bertz CT molecular complexity index is 334. The summed E-state index contributed by atoms with van der Waals surface area (Å²) >= 11 is 0. The highest BCUT2D eigenvalue weighted by atomic mass is 16.5. The van der Waals surface area contributed by atoms with E-state index in [2.05, 4.69) is 4.98 Å². The number of methoxy groups -OCH3 is 1. The molecule has 2 rings (SSSR count). The maximum atomic E-state index is 6.11. The summed E-state index contributed by atoms with van der Waals surface area (Å²) in [4.78, 5) is 4.32. The molecule has 0 bridgehead atoms. The zero-order valence-electron chi connectivity index (χ0n) is 8.66. The lowest BCUT2D eigenvalue weighted by Crippen LogP contribution is -2.14. The molecular weight excluding hydrogens is 176 g/mol. The Labute approximate surface area is 84.3 Å². The van der Waals surface area contributed by atoms with Gasteiger partial charge in [0.25, 0.3) is 0 Å². The summed E-state index contributed by atoms with van der Waals surface area (Å²) in [6.07, 6.45) is 2.51. The Morgan fingerprint density at radius 3 is 2.71 bits per heavy atom. The van der Waals surface area contributed by atoms with E-state index in [-0.39, 0.29) is 6.04 Å². The van der Waals surface area contributed by atoms with Gasteiger partial charge >= 0.3 is 0 Å². The van der Waals surface area contributed by atoms with E-state index in [9.17, 15) is 0 Å². The summed E-state index contributed by atoms with van der Waals surface area (Å²) in [5.41, 5.74) is 8.26. The van der Waals surface area contributed by atoms with Crippen molar-refractivity contribution in [2.75, 3.05) is 7.11 Å². The average molecular weight is 192 g/mol. The van der Waals surface area contributed by atoms with Gasteiger partial charge < -0.3 is 10.5 Å². The van der Waals surface area contributed by atoms with Crippen LogP contribution in [0.1, 0.15) is 30.1 Å². The number of nitrogens with two attached hydrogens (primary N) is 1. The molecule has 76 valence electrons. The number of nitrogens with zero attached hydrogens (tertiary/aromatic N) is 1. The number of hydrogen-bond acceptors (Lipinski definition) is 3. The summed E-state index contributed by atoms with van der Waals surface area (Å²) in [7, 11) is 1.63. The van der Waals surface area contributed by atoms with Crippen LogP contribution in [-0.2, 0) is 0 Å². The molecule has 3 heteroatoms. The van der Waals surface area contributed by atoms with Crippen molar-refractivity contribution in [3.05, 3.63) is 23.4 Å².